The molecule has 0 N–H and O–H groups in total. The average molecular weight is 351 g/mol. The molecule has 0 aliphatic rings. The lowest BCUT2D eigenvalue weighted by Gasteiger charge is -2.06. The molecule has 0 aliphatic heterocycles. The van der Waals surface area contributed by atoms with Gasteiger partial charge in [0.25, 0.3) is 14.9 Å². The summed E-state index contributed by atoms with van der Waals surface area (Å²) in [7, 11) is 2.83. The van der Waals surface area contributed by atoms with Gasteiger partial charge < -0.3 is 9.26 Å². The Balaban J connectivity index is 2.05. The summed E-state index contributed by atoms with van der Waals surface area (Å²) in [5, 5.41) is 3.90. The molecular weight excluding hydrogens is 340 g/mol. The standard InChI is InChI=1S/C15H11ClN2O4S/c1-21-12-8-7-11(9-13(12)23(16,19)20)15-17-14(18-22-15)10-5-3-2-4-6-10/h2-9H,1H3. The van der Waals surface area contributed by atoms with Crippen LogP contribution in [0.15, 0.2) is 57.9 Å². The molecule has 0 aliphatic carbocycles. The number of nitrogens with zero attached hydrogens (tertiary/aromatic N) is 2. The molecule has 0 fully saturated rings. The Hall–Kier alpha value is -2.38. The number of benzene rings is 2. The molecule has 3 aromatic rings. The van der Waals surface area contributed by atoms with Crippen molar-refractivity contribution in [2.24, 2.45) is 0 Å². The summed E-state index contributed by atoms with van der Waals surface area (Å²) in [5.74, 6) is 0.742. The van der Waals surface area contributed by atoms with Crippen LogP contribution in [-0.2, 0) is 9.05 Å². The van der Waals surface area contributed by atoms with Crippen LogP contribution in [-0.4, -0.2) is 25.7 Å². The molecule has 0 radical (unpaired) electrons. The molecule has 0 unspecified atom stereocenters. The minimum Gasteiger partial charge on any atom is -0.495 e. The minimum absolute atomic E-state index is 0.145. The molecule has 1 heterocycles. The summed E-state index contributed by atoms with van der Waals surface area (Å²) < 4.78 is 33.5. The first-order valence-electron chi connectivity index (χ1n) is 6.51. The lowest BCUT2D eigenvalue weighted by atomic mass is 10.2. The quantitative estimate of drug-likeness (QED) is 0.671. The van der Waals surface area contributed by atoms with E-state index in [9.17, 15) is 8.42 Å². The van der Waals surface area contributed by atoms with Gasteiger partial charge >= 0.3 is 0 Å². The third-order valence-corrected chi connectivity index (χ3v) is 4.47. The van der Waals surface area contributed by atoms with Gasteiger partial charge in [-0.2, -0.15) is 4.98 Å². The van der Waals surface area contributed by atoms with Crippen molar-refractivity contribution in [3.05, 3.63) is 48.5 Å². The smallest absolute Gasteiger partial charge is 0.265 e. The molecular formula is C15H11ClN2O4S. The van der Waals surface area contributed by atoms with E-state index in [1.54, 1.807) is 6.07 Å². The second-order valence-corrected chi connectivity index (χ2v) is 7.13. The lowest BCUT2D eigenvalue weighted by Crippen LogP contribution is -1.96. The molecule has 2 aromatic carbocycles. The van der Waals surface area contributed by atoms with Crippen LogP contribution in [0, 0.1) is 0 Å². The highest BCUT2D eigenvalue weighted by Gasteiger charge is 2.20. The van der Waals surface area contributed by atoms with Gasteiger partial charge in [-0.15, -0.1) is 0 Å². The second kappa shape index (κ2) is 6.02. The fourth-order valence-corrected chi connectivity index (χ4v) is 3.07. The van der Waals surface area contributed by atoms with Crippen molar-refractivity contribution in [1.82, 2.24) is 10.1 Å². The molecule has 0 amide bonds. The van der Waals surface area contributed by atoms with Gasteiger partial charge in [0.15, 0.2) is 0 Å². The molecule has 23 heavy (non-hydrogen) atoms. The van der Waals surface area contributed by atoms with Crippen LogP contribution < -0.4 is 4.74 Å². The van der Waals surface area contributed by atoms with Gasteiger partial charge in [0, 0.05) is 21.8 Å². The van der Waals surface area contributed by atoms with Crippen molar-refractivity contribution in [3.8, 4) is 28.6 Å². The van der Waals surface area contributed by atoms with Crippen LogP contribution >= 0.6 is 10.7 Å². The van der Waals surface area contributed by atoms with E-state index < -0.39 is 9.05 Å². The molecule has 118 valence electrons. The Morgan fingerprint density at radius 3 is 2.48 bits per heavy atom. The van der Waals surface area contributed by atoms with Crippen LogP contribution in [0.2, 0.25) is 0 Å². The third-order valence-electron chi connectivity index (χ3n) is 3.13. The number of methoxy groups -OCH3 is 1. The van der Waals surface area contributed by atoms with Gasteiger partial charge in [-0.1, -0.05) is 35.5 Å². The van der Waals surface area contributed by atoms with E-state index in [4.69, 9.17) is 19.9 Å². The fourth-order valence-electron chi connectivity index (χ4n) is 2.05. The van der Waals surface area contributed by atoms with Crippen LogP contribution in [0.5, 0.6) is 5.75 Å². The predicted molar refractivity (Wildman–Crippen MR) is 84.8 cm³/mol. The van der Waals surface area contributed by atoms with Crippen molar-refractivity contribution < 1.29 is 17.7 Å². The number of aromatic nitrogens is 2. The molecule has 0 atom stereocenters. The molecule has 0 spiro atoms. The largest absolute Gasteiger partial charge is 0.495 e. The van der Waals surface area contributed by atoms with Gasteiger partial charge in [-0.05, 0) is 18.2 Å². The number of hydrogen-bond donors (Lipinski definition) is 0. The minimum atomic E-state index is -3.96. The summed E-state index contributed by atoms with van der Waals surface area (Å²) in [6, 6.07) is 13.7. The van der Waals surface area contributed by atoms with Gasteiger partial charge in [0.2, 0.25) is 5.82 Å². The van der Waals surface area contributed by atoms with Gasteiger partial charge in [0.05, 0.1) is 7.11 Å². The van der Waals surface area contributed by atoms with Crippen molar-refractivity contribution in [1.29, 1.82) is 0 Å². The first-order chi connectivity index (χ1) is 11.0. The van der Waals surface area contributed by atoms with E-state index in [1.807, 2.05) is 30.3 Å². The average Bonchev–Trinajstić information content (AvgIpc) is 3.04. The normalized spacial score (nSPS) is 11.4. The van der Waals surface area contributed by atoms with E-state index in [-0.39, 0.29) is 16.5 Å². The van der Waals surface area contributed by atoms with Crippen molar-refractivity contribution in [2.75, 3.05) is 7.11 Å². The van der Waals surface area contributed by atoms with E-state index in [1.165, 1.54) is 19.2 Å². The highest BCUT2D eigenvalue weighted by atomic mass is 35.7. The van der Waals surface area contributed by atoms with Gasteiger partial charge in [0.1, 0.15) is 10.6 Å². The summed E-state index contributed by atoms with van der Waals surface area (Å²) >= 11 is 0. The maximum atomic E-state index is 11.6. The van der Waals surface area contributed by atoms with Crippen molar-refractivity contribution in [2.45, 2.75) is 4.90 Å². The Labute approximate surface area is 137 Å². The zero-order chi connectivity index (χ0) is 16.4. The van der Waals surface area contributed by atoms with Gasteiger partial charge in [-0.3, -0.25) is 0 Å². The topological polar surface area (TPSA) is 82.3 Å². The highest BCUT2D eigenvalue weighted by Crippen LogP contribution is 2.32. The van der Waals surface area contributed by atoms with Crippen LogP contribution in [0.25, 0.3) is 22.8 Å². The Kier molecular flexibility index (Phi) is 4.06. The monoisotopic (exact) mass is 350 g/mol. The second-order valence-electron chi connectivity index (χ2n) is 4.59. The Morgan fingerprint density at radius 2 is 1.83 bits per heavy atom. The molecule has 8 heteroatoms. The SMILES string of the molecule is COc1ccc(-c2nc(-c3ccccc3)no2)cc1S(=O)(=O)Cl. The summed E-state index contributed by atoms with van der Waals surface area (Å²) in [6.07, 6.45) is 0. The zero-order valence-electron chi connectivity index (χ0n) is 11.9. The lowest BCUT2D eigenvalue weighted by molar-refractivity contribution is 0.403. The number of rotatable bonds is 4. The summed E-state index contributed by atoms with van der Waals surface area (Å²) in [5.41, 5.74) is 1.22. The molecule has 1 aromatic heterocycles. The molecule has 0 bridgehead atoms. The Bertz CT molecular complexity index is 939. The molecule has 6 nitrogen and oxygen atoms in total. The van der Waals surface area contributed by atoms with Crippen LogP contribution in [0.1, 0.15) is 0 Å². The van der Waals surface area contributed by atoms with Crippen molar-refractivity contribution >= 4 is 19.7 Å². The molecule has 0 saturated heterocycles. The molecule has 0 saturated carbocycles. The first kappa shape index (κ1) is 15.5. The first-order valence-corrected chi connectivity index (χ1v) is 8.82. The maximum absolute atomic E-state index is 11.6. The number of halogens is 1. The predicted octanol–water partition coefficient (Wildman–Crippen LogP) is 3.34. The summed E-state index contributed by atoms with van der Waals surface area (Å²) in [4.78, 5) is 4.12. The molecule has 3 rings (SSSR count). The van der Waals surface area contributed by atoms with E-state index in [0.717, 1.165) is 5.56 Å². The Morgan fingerprint density at radius 1 is 1.09 bits per heavy atom. The third kappa shape index (κ3) is 3.20. The van der Waals surface area contributed by atoms with Crippen LogP contribution in [0.3, 0.4) is 0 Å². The number of ether oxygens (including phenoxy) is 1. The van der Waals surface area contributed by atoms with E-state index >= 15 is 0 Å². The van der Waals surface area contributed by atoms with Crippen LogP contribution in [0.4, 0.5) is 0 Å². The number of hydrogen-bond acceptors (Lipinski definition) is 6. The van der Waals surface area contributed by atoms with E-state index in [2.05, 4.69) is 10.1 Å². The summed E-state index contributed by atoms with van der Waals surface area (Å²) in [6.45, 7) is 0. The van der Waals surface area contributed by atoms with E-state index in [0.29, 0.717) is 11.4 Å². The fraction of sp³-hybridized carbons (Fsp3) is 0.0667. The maximum Gasteiger partial charge on any atom is 0.265 e. The zero-order valence-corrected chi connectivity index (χ0v) is 13.5. The van der Waals surface area contributed by atoms with Gasteiger partial charge in [-0.25, -0.2) is 8.42 Å². The van der Waals surface area contributed by atoms with Crippen molar-refractivity contribution in [3.63, 3.8) is 0 Å². The highest BCUT2D eigenvalue weighted by molar-refractivity contribution is 8.13.